The highest BCUT2D eigenvalue weighted by Crippen LogP contribution is 2.27. The predicted octanol–water partition coefficient (Wildman–Crippen LogP) is 4.73. The van der Waals surface area contributed by atoms with E-state index in [1.54, 1.807) is 36.4 Å². The van der Waals surface area contributed by atoms with E-state index in [1.165, 1.54) is 24.3 Å². The Morgan fingerprint density at radius 1 is 0.968 bits per heavy atom. The molecule has 11 heteroatoms. The topological polar surface area (TPSA) is 101 Å². The summed E-state index contributed by atoms with van der Waals surface area (Å²) in [6, 6.07) is 16.1. The number of amides is 1. The minimum Gasteiger partial charge on any atom is -0.348 e. The lowest BCUT2D eigenvalue weighted by Crippen LogP contribution is -2.25. The largest absolute Gasteiger partial charge is 0.348 e. The number of anilines is 1. The number of sulfonamides is 1. The highest BCUT2D eigenvalue weighted by Gasteiger charge is 2.22. The Hall–Kier alpha value is -2.72. The first-order chi connectivity index (χ1) is 14.8. The van der Waals surface area contributed by atoms with Crippen molar-refractivity contribution in [1.29, 1.82) is 0 Å². The average Bonchev–Trinajstić information content (AvgIpc) is 3.22. The maximum atomic E-state index is 13.0. The van der Waals surface area contributed by atoms with Crippen molar-refractivity contribution < 1.29 is 13.2 Å². The van der Waals surface area contributed by atoms with Gasteiger partial charge in [-0.2, -0.15) is 8.75 Å². The van der Waals surface area contributed by atoms with Crippen LogP contribution in [0.15, 0.2) is 65.6 Å². The molecule has 4 rings (SSSR count). The van der Waals surface area contributed by atoms with Crippen molar-refractivity contribution in [2.24, 2.45) is 0 Å². The van der Waals surface area contributed by atoms with Crippen LogP contribution < -0.4 is 10.0 Å². The van der Waals surface area contributed by atoms with Crippen molar-refractivity contribution in [3.63, 3.8) is 0 Å². The Morgan fingerprint density at radius 3 is 2.48 bits per heavy atom. The summed E-state index contributed by atoms with van der Waals surface area (Å²) in [6.45, 7) is 0.245. The normalized spacial score (nSPS) is 11.4. The molecule has 0 atom stereocenters. The lowest BCUT2D eigenvalue weighted by molar-refractivity contribution is 0.0952. The van der Waals surface area contributed by atoms with Crippen LogP contribution in [0, 0.1) is 0 Å². The molecule has 158 valence electrons. The van der Waals surface area contributed by atoms with E-state index in [4.69, 9.17) is 23.2 Å². The van der Waals surface area contributed by atoms with Crippen LogP contribution in [0.1, 0.15) is 15.9 Å². The molecule has 0 radical (unpaired) electrons. The van der Waals surface area contributed by atoms with Crippen LogP contribution in [0.4, 0.5) is 5.69 Å². The third-order valence-electron chi connectivity index (χ3n) is 4.38. The molecule has 1 heterocycles. The monoisotopic (exact) mass is 492 g/mol. The number of carbonyl (C=O) groups excluding carboxylic acids is 1. The van der Waals surface area contributed by atoms with Gasteiger partial charge in [-0.05, 0) is 48.0 Å². The molecule has 0 aliphatic carbocycles. The number of nitrogens with zero attached hydrogens (tertiary/aromatic N) is 2. The molecule has 0 saturated carbocycles. The van der Waals surface area contributed by atoms with E-state index >= 15 is 0 Å². The summed E-state index contributed by atoms with van der Waals surface area (Å²) in [5, 5.41) is 3.64. The second-order valence-corrected chi connectivity index (χ2v) is 9.54. The second kappa shape index (κ2) is 8.80. The number of hydrogen-bond acceptors (Lipinski definition) is 6. The molecule has 1 amide bonds. The highest BCUT2D eigenvalue weighted by atomic mass is 35.5. The first-order valence-corrected chi connectivity index (χ1v) is 11.9. The fourth-order valence-corrected chi connectivity index (χ4v) is 5.01. The van der Waals surface area contributed by atoms with Gasteiger partial charge in [-0.15, -0.1) is 0 Å². The Bertz CT molecular complexity index is 1370. The second-order valence-electron chi connectivity index (χ2n) is 6.49. The van der Waals surface area contributed by atoms with Crippen molar-refractivity contribution in [2.75, 3.05) is 4.72 Å². The lowest BCUT2D eigenvalue weighted by Gasteiger charge is -2.14. The summed E-state index contributed by atoms with van der Waals surface area (Å²) in [4.78, 5) is 12.7. The third-order valence-corrected chi connectivity index (χ3v) is 6.80. The maximum Gasteiger partial charge on any atom is 0.264 e. The lowest BCUT2D eigenvalue weighted by atomic mass is 10.1. The Morgan fingerprint density at radius 2 is 1.71 bits per heavy atom. The number of rotatable bonds is 6. The van der Waals surface area contributed by atoms with E-state index in [0.717, 1.165) is 17.3 Å². The molecule has 0 spiro atoms. The smallest absolute Gasteiger partial charge is 0.264 e. The first-order valence-electron chi connectivity index (χ1n) is 8.90. The Balaban J connectivity index is 1.61. The molecule has 7 nitrogen and oxygen atoms in total. The van der Waals surface area contributed by atoms with Gasteiger partial charge in [0.15, 0.2) is 0 Å². The molecule has 0 aliphatic rings. The molecule has 3 aromatic carbocycles. The van der Waals surface area contributed by atoms with E-state index in [1.807, 2.05) is 0 Å². The minimum atomic E-state index is -4.05. The zero-order valence-corrected chi connectivity index (χ0v) is 18.8. The zero-order valence-electron chi connectivity index (χ0n) is 15.7. The average molecular weight is 493 g/mol. The molecule has 1 aromatic heterocycles. The predicted molar refractivity (Wildman–Crippen MR) is 122 cm³/mol. The number of halogens is 2. The molecular formula is C20H14Cl2N4O3S2. The van der Waals surface area contributed by atoms with Crippen molar-refractivity contribution >= 4 is 67.6 Å². The van der Waals surface area contributed by atoms with E-state index in [2.05, 4.69) is 18.8 Å². The highest BCUT2D eigenvalue weighted by molar-refractivity contribution is 7.93. The first kappa shape index (κ1) is 21.5. The summed E-state index contributed by atoms with van der Waals surface area (Å²) < 4.78 is 36.7. The number of nitrogens with one attached hydrogen (secondary N) is 2. The van der Waals surface area contributed by atoms with Gasteiger partial charge in [0.05, 0.1) is 23.0 Å². The standard InChI is InChI=1S/C20H14Cl2N4O3S2/c21-13-6-4-12(5-7-13)11-23-20(27)15-9-8-14(22)10-17(15)26-31(28,29)18-3-1-2-16-19(18)25-30-24-16/h1-10,26H,11H2,(H,23,27). The van der Waals surface area contributed by atoms with Crippen LogP contribution in [-0.4, -0.2) is 23.1 Å². The van der Waals surface area contributed by atoms with Crippen LogP contribution >= 0.6 is 34.9 Å². The third kappa shape index (κ3) is 4.80. The van der Waals surface area contributed by atoms with E-state index in [9.17, 15) is 13.2 Å². The van der Waals surface area contributed by atoms with Gasteiger partial charge in [-0.25, -0.2) is 8.42 Å². The van der Waals surface area contributed by atoms with Gasteiger partial charge in [0.1, 0.15) is 15.9 Å². The number of hydrogen-bond donors (Lipinski definition) is 2. The van der Waals surface area contributed by atoms with Gasteiger partial charge in [0.2, 0.25) is 0 Å². The SMILES string of the molecule is O=C(NCc1ccc(Cl)cc1)c1ccc(Cl)cc1NS(=O)(=O)c1cccc2nsnc12. The molecule has 4 aromatic rings. The number of aromatic nitrogens is 2. The van der Waals surface area contributed by atoms with Crippen molar-refractivity contribution in [3.8, 4) is 0 Å². The van der Waals surface area contributed by atoms with Crippen LogP contribution in [0.2, 0.25) is 10.0 Å². The van der Waals surface area contributed by atoms with Crippen molar-refractivity contribution in [2.45, 2.75) is 11.4 Å². The number of fused-ring (bicyclic) bond motifs is 1. The van der Waals surface area contributed by atoms with Gasteiger partial charge in [0.25, 0.3) is 15.9 Å². The summed E-state index contributed by atoms with van der Waals surface area (Å²) >= 11 is 12.9. The molecule has 2 N–H and O–H groups in total. The van der Waals surface area contributed by atoms with Crippen LogP contribution in [-0.2, 0) is 16.6 Å². The molecule has 31 heavy (non-hydrogen) atoms. The van der Waals surface area contributed by atoms with Gasteiger partial charge in [-0.1, -0.05) is 41.4 Å². The summed E-state index contributed by atoms with van der Waals surface area (Å²) in [5.41, 5.74) is 1.76. The molecule has 0 fully saturated rings. The van der Waals surface area contributed by atoms with Gasteiger partial charge < -0.3 is 5.32 Å². The summed E-state index contributed by atoms with van der Waals surface area (Å²) in [5.74, 6) is -0.460. The maximum absolute atomic E-state index is 13.0. The van der Waals surface area contributed by atoms with Gasteiger partial charge >= 0.3 is 0 Å². The van der Waals surface area contributed by atoms with E-state index in [-0.39, 0.29) is 33.2 Å². The van der Waals surface area contributed by atoms with Crippen LogP contribution in [0.25, 0.3) is 11.0 Å². The summed E-state index contributed by atoms with van der Waals surface area (Å²) in [6.07, 6.45) is 0. The fourth-order valence-electron chi connectivity index (χ4n) is 2.88. The Kier molecular flexibility index (Phi) is 6.10. The quantitative estimate of drug-likeness (QED) is 0.405. The molecular weight excluding hydrogens is 479 g/mol. The molecule has 0 unspecified atom stereocenters. The molecule has 0 saturated heterocycles. The van der Waals surface area contributed by atoms with Crippen molar-refractivity contribution in [1.82, 2.24) is 14.1 Å². The molecule has 0 aliphatic heterocycles. The number of benzene rings is 3. The van der Waals surface area contributed by atoms with Crippen LogP contribution in [0.5, 0.6) is 0 Å². The van der Waals surface area contributed by atoms with Crippen molar-refractivity contribution in [3.05, 3.63) is 81.8 Å². The fraction of sp³-hybridized carbons (Fsp3) is 0.0500. The van der Waals surface area contributed by atoms with E-state index < -0.39 is 15.9 Å². The number of carbonyl (C=O) groups is 1. The Labute approximate surface area is 192 Å². The van der Waals surface area contributed by atoms with E-state index in [0.29, 0.717) is 10.5 Å². The van der Waals surface area contributed by atoms with Gasteiger partial charge in [-0.3, -0.25) is 9.52 Å². The molecule has 0 bridgehead atoms. The van der Waals surface area contributed by atoms with Gasteiger partial charge in [0, 0.05) is 16.6 Å². The minimum absolute atomic E-state index is 0.0359. The van der Waals surface area contributed by atoms with Crippen LogP contribution in [0.3, 0.4) is 0 Å². The summed E-state index contributed by atoms with van der Waals surface area (Å²) in [7, 11) is -4.05. The zero-order chi connectivity index (χ0) is 22.0.